The van der Waals surface area contributed by atoms with Gasteiger partial charge in [0.15, 0.2) is 6.10 Å². The molecule has 0 saturated heterocycles. The molecule has 3 aromatic rings. The summed E-state index contributed by atoms with van der Waals surface area (Å²) in [5.74, 6) is -0.412. The Morgan fingerprint density at radius 3 is 2.54 bits per heavy atom. The van der Waals surface area contributed by atoms with Crippen molar-refractivity contribution in [3.05, 3.63) is 70.6 Å². The van der Waals surface area contributed by atoms with Gasteiger partial charge in [-0.3, -0.25) is 4.79 Å². The first kappa shape index (κ1) is 19.9. The van der Waals surface area contributed by atoms with Crippen LogP contribution in [0.4, 0.5) is 5.00 Å². The van der Waals surface area contributed by atoms with E-state index < -0.39 is 12.1 Å². The monoisotopic (exact) mass is 415 g/mol. The Labute approximate surface area is 171 Å². The number of esters is 1. The molecule has 1 unspecified atom stereocenters. The first-order valence-corrected chi connectivity index (χ1v) is 9.73. The molecule has 28 heavy (non-hydrogen) atoms. The number of hydrogen-bond acceptors (Lipinski definition) is 5. The van der Waals surface area contributed by atoms with Crippen molar-refractivity contribution in [2.75, 3.05) is 12.4 Å². The van der Waals surface area contributed by atoms with Gasteiger partial charge in [0.1, 0.15) is 16.3 Å². The standard InChI is InChI=1S/C21H18ClNO4S/c1-13(27-16-10-6-9-15(22)11-16)19(24)23-20-18(21(25)26-2)17(12-28-20)14-7-4-3-5-8-14/h3-13H,1-2H3,(H,23,24). The number of thiophene rings is 1. The van der Waals surface area contributed by atoms with Crippen molar-refractivity contribution < 1.29 is 19.1 Å². The van der Waals surface area contributed by atoms with Gasteiger partial charge in [0.25, 0.3) is 5.91 Å². The van der Waals surface area contributed by atoms with Gasteiger partial charge in [-0.15, -0.1) is 11.3 Å². The van der Waals surface area contributed by atoms with Gasteiger partial charge in [0.05, 0.1) is 7.11 Å². The predicted octanol–water partition coefficient (Wildman–Crippen LogP) is 5.26. The van der Waals surface area contributed by atoms with Crippen molar-refractivity contribution in [1.82, 2.24) is 0 Å². The quantitative estimate of drug-likeness (QED) is 0.557. The van der Waals surface area contributed by atoms with Crippen LogP contribution in [0, 0.1) is 0 Å². The normalized spacial score (nSPS) is 11.5. The summed E-state index contributed by atoms with van der Waals surface area (Å²) >= 11 is 7.20. The van der Waals surface area contributed by atoms with Crippen LogP contribution in [0.15, 0.2) is 60.0 Å². The maximum absolute atomic E-state index is 12.6. The Morgan fingerprint density at radius 2 is 1.86 bits per heavy atom. The molecule has 0 bridgehead atoms. The van der Waals surface area contributed by atoms with E-state index in [1.807, 2.05) is 35.7 Å². The zero-order chi connectivity index (χ0) is 20.1. The van der Waals surface area contributed by atoms with E-state index in [-0.39, 0.29) is 5.91 Å². The molecule has 0 aliphatic carbocycles. The van der Waals surface area contributed by atoms with Gasteiger partial charge in [-0.05, 0) is 30.7 Å². The number of carbonyl (C=O) groups is 2. The molecule has 0 aliphatic rings. The van der Waals surface area contributed by atoms with E-state index in [1.54, 1.807) is 31.2 Å². The molecule has 1 heterocycles. The molecule has 7 heteroatoms. The number of carbonyl (C=O) groups excluding carboxylic acids is 2. The average molecular weight is 416 g/mol. The zero-order valence-electron chi connectivity index (χ0n) is 15.3. The van der Waals surface area contributed by atoms with Crippen molar-refractivity contribution in [2.45, 2.75) is 13.0 Å². The highest BCUT2D eigenvalue weighted by molar-refractivity contribution is 7.15. The van der Waals surface area contributed by atoms with Crippen LogP contribution in [0.2, 0.25) is 5.02 Å². The summed E-state index contributed by atoms with van der Waals surface area (Å²) in [6.07, 6.45) is -0.786. The van der Waals surface area contributed by atoms with Crippen molar-refractivity contribution in [3.8, 4) is 16.9 Å². The second kappa shape index (κ2) is 8.91. The highest BCUT2D eigenvalue weighted by Crippen LogP contribution is 2.36. The Balaban J connectivity index is 1.82. The Bertz CT molecular complexity index is 987. The first-order chi connectivity index (χ1) is 13.5. The van der Waals surface area contributed by atoms with Gasteiger partial charge in [-0.1, -0.05) is 48.0 Å². The summed E-state index contributed by atoms with van der Waals surface area (Å²) in [4.78, 5) is 25.0. The molecule has 0 radical (unpaired) electrons. The molecule has 0 saturated carbocycles. The lowest BCUT2D eigenvalue weighted by atomic mass is 10.0. The molecule has 2 aromatic carbocycles. The lowest BCUT2D eigenvalue weighted by Crippen LogP contribution is -2.30. The molecule has 1 atom stereocenters. The number of methoxy groups -OCH3 is 1. The van der Waals surface area contributed by atoms with Crippen molar-refractivity contribution in [3.63, 3.8) is 0 Å². The average Bonchev–Trinajstić information content (AvgIpc) is 3.11. The van der Waals surface area contributed by atoms with E-state index in [0.717, 1.165) is 5.56 Å². The van der Waals surface area contributed by atoms with Gasteiger partial charge >= 0.3 is 5.97 Å². The number of benzene rings is 2. The summed E-state index contributed by atoms with van der Waals surface area (Å²) in [5, 5.41) is 5.52. The largest absolute Gasteiger partial charge is 0.481 e. The molecule has 1 amide bonds. The molecular weight excluding hydrogens is 398 g/mol. The molecule has 3 rings (SSSR count). The van der Waals surface area contributed by atoms with Crippen LogP contribution < -0.4 is 10.1 Å². The third-order valence-corrected chi connectivity index (χ3v) is 5.11. The van der Waals surface area contributed by atoms with Gasteiger partial charge in [0.2, 0.25) is 0 Å². The van der Waals surface area contributed by atoms with Crippen molar-refractivity contribution >= 4 is 39.8 Å². The van der Waals surface area contributed by atoms with Gasteiger partial charge in [-0.25, -0.2) is 4.79 Å². The highest BCUT2D eigenvalue weighted by atomic mass is 35.5. The van der Waals surface area contributed by atoms with Crippen LogP contribution >= 0.6 is 22.9 Å². The Hall–Kier alpha value is -2.83. The highest BCUT2D eigenvalue weighted by Gasteiger charge is 2.24. The fourth-order valence-electron chi connectivity index (χ4n) is 2.60. The number of nitrogens with one attached hydrogen (secondary N) is 1. The minimum absolute atomic E-state index is 0.321. The van der Waals surface area contributed by atoms with E-state index >= 15 is 0 Å². The number of halogens is 1. The van der Waals surface area contributed by atoms with E-state index in [4.69, 9.17) is 21.1 Å². The van der Waals surface area contributed by atoms with Crippen LogP contribution in [0.5, 0.6) is 5.75 Å². The second-order valence-corrected chi connectivity index (χ2v) is 7.23. The molecule has 1 aromatic heterocycles. The Morgan fingerprint density at radius 1 is 1.11 bits per heavy atom. The maximum atomic E-state index is 12.6. The van der Waals surface area contributed by atoms with Crippen LogP contribution in [0.3, 0.4) is 0 Å². The minimum Gasteiger partial charge on any atom is -0.481 e. The van der Waals surface area contributed by atoms with Gasteiger partial charge in [0, 0.05) is 16.0 Å². The topological polar surface area (TPSA) is 64.6 Å². The molecule has 0 aliphatic heterocycles. The van der Waals surface area contributed by atoms with E-state index in [0.29, 0.717) is 26.9 Å². The molecule has 5 nitrogen and oxygen atoms in total. The Kier molecular flexibility index (Phi) is 6.34. The van der Waals surface area contributed by atoms with E-state index in [2.05, 4.69) is 5.32 Å². The van der Waals surface area contributed by atoms with Gasteiger partial charge < -0.3 is 14.8 Å². The number of hydrogen-bond donors (Lipinski definition) is 1. The summed E-state index contributed by atoms with van der Waals surface area (Å²) in [6, 6.07) is 16.3. The summed E-state index contributed by atoms with van der Waals surface area (Å²) in [6.45, 7) is 1.62. The third kappa shape index (κ3) is 4.52. The smallest absolute Gasteiger partial charge is 0.341 e. The van der Waals surface area contributed by atoms with Crippen molar-refractivity contribution in [2.24, 2.45) is 0 Å². The lowest BCUT2D eigenvalue weighted by molar-refractivity contribution is -0.122. The first-order valence-electron chi connectivity index (χ1n) is 8.48. The summed E-state index contributed by atoms with van der Waals surface area (Å²) in [5.41, 5.74) is 1.89. The second-order valence-electron chi connectivity index (χ2n) is 5.92. The van der Waals surface area contributed by atoms with Crippen molar-refractivity contribution in [1.29, 1.82) is 0 Å². The maximum Gasteiger partial charge on any atom is 0.341 e. The predicted molar refractivity (Wildman–Crippen MR) is 111 cm³/mol. The SMILES string of the molecule is COC(=O)c1c(-c2ccccc2)csc1NC(=O)C(C)Oc1cccc(Cl)c1. The number of ether oxygens (including phenoxy) is 2. The number of amides is 1. The minimum atomic E-state index is -0.786. The summed E-state index contributed by atoms with van der Waals surface area (Å²) < 4.78 is 10.6. The van der Waals surface area contributed by atoms with E-state index in [9.17, 15) is 9.59 Å². The molecule has 0 fully saturated rings. The van der Waals surface area contributed by atoms with Crippen LogP contribution in [-0.2, 0) is 9.53 Å². The van der Waals surface area contributed by atoms with Crippen LogP contribution in [0.1, 0.15) is 17.3 Å². The molecular formula is C21H18ClNO4S. The fraction of sp³-hybridized carbons (Fsp3) is 0.143. The number of rotatable bonds is 6. The van der Waals surface area contributed by atoms with Crippen LogP contribution in [0.25, 0.3) is 11.1 Å². The number of anilines is 1. The van der Waals surface area contributed by atoms with Gasteiger partial charge in [-0.2, -0.15) is 0 Å². The molecule has 1 N–H and O–H groups in total. The van der Waals surface area contributed by atoms with Crippen LogP contribution in [-0.4, -0.2) is 25.1 Å². The fourth-order valence-corrected chi connectivity index (χ4v) is 3.74. The van der Waals surface area contributed by atoms with E-state index in [1.165, 1.54) is 18.4 Å². The summed E-state index contributed by atoms with van der Waals surface area (Å²) in [7, 11) is 1.31. The molecule has 0 spiro atoms. The molecule has 144 valence electrons. The third-order valence-electron chi connectivity index (χ3n) is 3.98. The lowest BCUT2D eigenvalue weighted by Gasteiger charge is -2.15. The zero-order valence-corrected chi connectivity index (χ0v) is 16.8.